The number of rotatable bonds is 3. The van der Waals surface area contributed by atoms with Crippen LogP contribution in [0.2, 0.25) is 0 Å². The zero-order chi connectivity index (χ0) is 19.0. The van der Waals surface area contributed by atoms with E-state index in [2.05, 4.69) is 42.3 Å². The van der Waals surface area contributed by atoms with Gasteiger partial charge in [0, 0.05) is 11.8 Å². The van der Waals surface area contributed by atoms with E-state index in [9.17, 15) is 4.39 Å². The second-order valence-electron chi connectivity index (χ2n) is 6.71. The summed E-state index contributed by atoms with van der Waals surface area (Å²) in [5, 5.41) is 8.77. The number of halogens is 1. The fourth-order valence-corrected chi connectivity index (χ4v) is 3.01. The minimum atomic E-state index is -0.296. The first-order valence-corrected chi connectivity index (χ1v) is 8.75. The number of fused-ring (bicyclic) bond motifs is 1. The van der Waals surface area contributed by atoms with Gasteiger partial charge in [-0.3, -0.25) is 4.40 Å². The first-order chi connectivity index (χ1) is 13.0. The van der Waals surface area contributed by atoms with E-state index in [1.54, 1.807) is 12.1 Å². The van der Waals surface area contributed by atoms with Gasteiger partial charge in [-0.1, -0.05) is 17.7 Å². The lowest BCUT2D eigenvalue weighted by Gasteiger charge is -2.05. The van der Waals surface area contributed by atoms with Gasteiger partial charge in [-0.05, 0) is 74.4 Å². The molecule has 2 aromatic carbocycles. The molecular formula is C22H19FN4. The number of hydrogen-bond donors (Lipinski definition) is 0. The van der Waals surface area contributed by atoms with E-state index < -0.39 is 0 Å². The number of pyridine rings is 1. The Hall–Kier alpha value is -3.34. The molecule has 0 fully saturated rings. The number of imidazole rings is 1. The van der Waals surface area contributed by atoms with Gasteiger partial charge in [0.05, 0.1) is 5.69 Å². The molecule has 2 aromatic heterocycles. The molecule has 0 aliphatic rings. The van der Waals surface area contributed by atoms with Crippen molar-refractivity contribution in [1.82, 2.24) is 9.38 Å². The van der Waals surface area contributed by atoms with Crippen LogP contribution in [0.15, 0.2) is 71.0 Å². The van der Waals surface area contributed by atoms with E-state index in [4.69, 9.17) is 4.98 Å². The van der Waals surface area contributed by atoms with Crippen molar-refractivity contribution in [3.05, 3.63) is 83.3 Å². The highest BCUT2D eigenvalue weighted by atomic mass is 19.1. The fraction of sp³-hybridized carbons (Fsp3) is 0.136. The van der Waals surface area contributed by atoms with E-state index in [0.29, 0.717) is 11.5 Å². The Morgan fingerprint density at radius 3 is 2.37 bits per heavy atom. The fourth-order valence-electron chi connectivity index (χ4n) is 3.01. The monoisotopic (exact) mass is 358 g/mol. The topological polar surface area (TPSA) is 42.0 Å². The summed E-state index contributed by atoms with van der Waals surface area (Å²) in [6.07, 6.45) is 1.95. The van der Waals surface area contributed by atoms with E-state index in [1.165, 1.54) is 12.1 Å². The van der Waals surface area contributed by atoms with Gasteiger partial charge in [0.1, 0.15) is 17.2 Å². The lowest BCUT2D eigenvalue weighted by Crippen LogP contribution is -1.86. The number of nitrogens with zero attached hydrogens (tertiary/aromatic N) is 4. The maximum atomic E-state index is 13.1. The molecule has 0 saturated heterocycles. The summed E-state index contributed by atoms with van der Waals surface area (Å²) in [4.78, 5) is 4.82. The van der Waals surface area contributed by atoms with Crippen LogP contribution < -0.4 is 0 Å². The Kier molecular flexibility index (Phi) is 4.28. The summed E-state index contributed by atoms with van der Waals surface area (Å²) in [5.41, 5.74) is 6.63. The maximum Gasteiger partial charge on any atom is 0.187 e. The lowest BCUT2D eigenvalue weighted by molar-refractivity contribution is 0.628. The SMILES string of the molecule is Cc1ccc(C)c(-c2nc3cc(C)ccn3c2N=Nc2ccc(F)cc2)c1. The van der Waals surface area contributed by atoms with Gasteiger partial charge in [0.2, 0.25) is 0 Å². The Labute approximate surface area is 157 Å². The van der Waals surface area contributed by atoms with Crippen molar-refractivity contribution in [2.24, 2.45) is 10.2 Å². The smallest absolute Gasteiger partial charge is 0.187 e. The number of aromatic nitrogens is 2. The molecule has 0 bridgehead atoms. The number of benzene rings is 2. The molecule has 0 atom stereocenters. The molecule has 0 N–H and O–H groups in total. The van der Waals surface area contributed by atoms with Gasteiger partial charge in [-0.25, -0.2) is 9.37 Å². The summed E-state index contributed by atoms with van der Waals surface area (Å²) in [6.45, 7) is 6.15. The van der Waals surface area contributed by atoms with Gasteiger partial charge in [0.25, 0.3) is 0 Å². The molecule has 27 heavy (non-hydrogen) atoms. The molecule has 4 nitrogen and oxygen atoms in total. The van der Waals surface area contributed by atoms with Crippen LogP contribution in [0.1, 0.15) is 16.7 Å². The van der Waals surface area contributed by atoms with Crippen LogP contribution in [0, 0.1) is 26.6 Å². The van der Waals surface area contributed by atoms with Crippen molar-refractivity contribution in [2.75, 3.05) is 0 Å². The maximum absolute atomic E-state index is 13.1. The second-order valence-corrected chi connectivity index (χ2v) is 6.71. The van der Waals surface area contributed by atoms with Crippen LogP contribution in [0.4, 0.5) is 15.9 Å². The number of azo groups is 1. The van der Waals surface area contributed by atoms with E-state index in [0.717, 1.165) is 33.6 Å². The summed E-state index contributed by atoms with van der Waals surface area (Å²) >= 11 is 0. The van der Waals surface area contributed by atoms with Gasteiger partial charge in [0.15, 0.2) is 5.82 Å². The highest BCUT2D eigenvalue weighted by molar-refractivity contribution is 5.77. The average molecular weight is 358 g/mol. The van der Waals surface area contributed by atoms with Crippen molar-refractivity contribution >= 4 is 17.2 Å². The van der Waals surface area contributed by atoms with Crippen LogP contribution in [0.3, 0.4) is 0 Å². The second kappa shape index (κ2) is 6.76. The molecular weight excluding hydrogens is 339 g/mol. The third-order valence-electron chi connectivity index (χ3n) is 4.49. The highest BCUT2D eigenvalue weighted by Gasteiger charge is 2.16. The molecule has 0 amide bonds. The molecule has 0 unspecified atom stereocenters. The Morgan fingerprint density at radius 2 is 1.59 bits per heavy atom. The van der Waals surface area contributed by atoms with Gasteiger partial charge < -0.3 is 0 Å². The van der Waals surface area contributed by atoms with Gasteiger partial charge in [-0.15, -0.1) is 10.2 Å². The minimum Gasteiger partial charge on any atom is -0.283 e. The number of hydrogen-bond acceptors (Lipinski definition) is 3. The van der Waals surface area contributed by atoms with Crippen molar-refractivity contribution in [2.45, 2.75) is 20.8 Å². The zero-order valence-corrected chi connectivity index (χ0v) is 15.4. The van der Waals surface area contributed by atoms with Crippen molar-refractivity contribution in [1.29, 1.82) is 0 Å². The number of aryl methyl sites for hydroxylation is 3. The van der Waals surface area contributed by atoms with Gasteiger partial charge in [-0.2, -0.15) is 0 Å². The summed E-state index contributed by atoms with van der Waals surface area (Å²) < 4.78 is 15.1. The molecule has 4 rings (SSSR count). The quantitative estimate of drug-likeness (QED) is 0.386. The van der Waals surface area contributed by atoms with E-state index in [1.807, 2.05) is 29.7 Å². The lowest BCUT2D eigenvalue weighted by atomic mass is 10.0. The third-order valence-corrected chi connectivity index (χ3v) is 4.49. The molecule has 0 aliphatic carbocycles. The molecule has 134 valence electrons. The van der Waals surface area contributed by atoms with Gasteiger partial charge >= 0.3 is 0 Å². The Bertz CT molecular complexity index is 1160. The molecule has 0 aliphatic heterocycles. The predicted molar refractivity (Wildman–Crippen MR) is 105 cm³/mol. The summed E-state index contributed by atoms with van der Waals surface area (Å²) in [6, 6.07) is 16.3. The standard InChI is InChI=1S/C22H19FN4/c1-14-4-5-16(3)19(12-14)21-22(26-25-18-8-6-17(23)7-9-18)27-11-10-15(2)13-20(27)24-21/h4-13H,1-3H3. The largest absolute Gasteiger partial charge is 0.283 e. The zero-order valence-electron chi connectivity index (χ0n) is 15.4. The van der Waals surface area contributed by atoms with Crippen LogP contribution in [-0.2, 0) is 0 Å². The molecule has 0 radical (unpaired) electrons. The molecule has 0 spiro atoms. The highest BCUT2D eigenvalue weighted by Crippen LogP contribution is 2.34. The third kappa shape index (κ3) is 3.36. The molecule has 5 heteroatoms. The Morgan fingerprint density at radius 1 is 0.852 bits per heavy atom. The first kappa shape index (κ1) is 17.1. The summed E-state index contributed by atoms with van der Waals surface area (Å²) in [7, 11) is 0. The van der Waals surface area contributed by atoms with Crippen LogP contribution in [-0.4, -0.2) is 9.38 Å². The van der Waals surface area contributed by atoms with Crippen LogP contribution in [0.5, 0.6) is 0 Å². The first-order valence-electron chi connectivity index (χ1n) is 8.75. The summed E-state index contributed by atoms with van der Waals surface area (Å²) in [5.74, 6) is 0.360. The average Bonchev–Trinajstić information content (AvgIpc) is 3.00. The van der Waals surface area contributed by atoms with Crippen LogP contribution >= 0.6 is 0 Å². The van der Waals surface area contributed by atoms with E-state index in [-0.39, 0.29) is 5.82 Å². The van der Waals surface area contributed by atoms with Crippen LogP contribution in [0.25, 0.3) is 16.9 Å². The van der Waals surface area contributed by atoms with Crippen molar-refractivity contribution in [3.8, 4) is 11.3 Å². The van der Waals surface area contributed by atoms with Crippen molar-refractivity contribution in [3.63, 3.8) is 0 Å². The molecule has 0 saturated carbocycles. The van der Waals surface area contributed by atoms with Crippen molar-refractivity contribution < 1.29 is 4.39 Å². The normalized spacial score (nSPS) is 11.6. The predicted octanol–water partition coefficient (Wildman–Crippen LogP) is 6.48. The molecule has 2 heterocycles. The molecule has 4 aromatic rings. The minimum absolute atomic E-state index is 0.296. The van der Waals surface area contributed by atoms with E-state index >= 15 is 0 Å². The Balaban J connectivity index is 1.91.